The summed E-state index contributed by atoms with van der Waals surface area (Å²) in [5.41, 5.74) is 5.73. The van der Waals surface area contributed by atoms with Crippen LogP contribution in [0.15, 0.2) is 48.5 Å². The van der Waals surface area contributed by atoms with Crippen LogP contribution < -0.4 is 0 Å². The van der Waals surface area contributed by atoms with Crippen LogP contribution in [0.3, 0.4) is 0 Å². The standard InChI is InChI=1S/C17H24.C11H16.2C2H6/c1-7-8-13-16(3,4)17(5,6)15-11-9-14(2)10-12-15;1-9-5-7-10(8-6-9)11(2,3)4;2*1-2/h9-12H,7H2,1-6H3;5-8H,1-4H3;2*1-2H3. The lowest BCUT2D eigenvalue weighted by Gasteiger charge is -2.38. The van der Waals surface area contributed by atoms with E-state index in [0.29, 0.717) is 0 Å². The summed E-state index contributed by atoms with van der Waals surface area (Å²) < 4.78 is 0. The fourth-order valence-electron chi connectivity index (χ4n) is 2.85. The van der Waals surface area contributed by atoms with Gasteiger partial charge in [-0.2, -0.15) is 0 Å². The lowest BCUT2D eigenvalue weighted by Crippen LogP contribution is -2.35. The van der Waals surface area contributed by atoms with E-state index in [2.05, 4.69) is 130 Å². The van der Waals surface area contributed by atoms with E-state index in [4.69, 9.17) is 0 Å². The average Bonchev–Trinajstić information content (AvgIpc) is 2.75. The van der Waals surface area contributed by atoms with Gasteiger partial charge in [0.25, 0.3) is 0 Å². The molecule has 0 aliphatic rings. The summed E-state index contributed by atoms with van der Waals surface area (Å²) in [6.45, 7) is 30.1. The number of benzene rings is 2. The largest absolute Gasteiger partial charge is 0.103 e. The Morgan fingerprint density at radius 1 is 0.594 bits per heavy atom. The van der Waals surface area contributed by atoms with Crippen molar-refractivity contribution in [1.29, 1.82) is 0 Å². The van der Waals surface area contributed by atoms with Crippen molar-refractivity contribution in [3.63, 3.8) is 0 Å². The molecular weight excluding hydrogens is 384 g/mol. The van der Waals surface area contributed by atoms with Crippen molar-refractivity contribution in [3.05, 3.63) is 70.8 Å². The van der Waals surface area contributed by atoms with Gasteiger partial charge in [0.15, 0.2) is 0 Å². The molecule has 2 aromatic rings. The Balaban J connectivity index is 0. The van der Waals surface area contributed by atoms with Gasteiger partial charge in [0.1, 0.15) is 0 Å². The SMILES string of the molecule is CC.CC.CCC#CC(C)(C)C(C)(C)c1ccc(C)cc1.Cc1ccc(C(C)(C)C)cc1. The fourth-order valence-corrected chi connectivity index (χ4v) is 2.85. The molecule has 0 saturated heterocycles. The molecule has 0 amide bonds. The molecule has 0 unspecified atom stereocenters. The molecule has 0 N–H and O–H groups in total. The van der Waals surface area contributed by atoms with Gasteiger partial charge in [0.05, 0.1) is 0 Å². The Morgan fingerprint density at radius 2 is 0.938 bits per heavy atom. The third-order valence-corrected chi connectivity index (χ3v) is 5.83. The third-order valence-electron chi connectivity index (χ3n) is 5.83. The van der Waals surface area contributed by atoms with E-state index in [9.17, 15) is 0 Å². The summed E-state index contributed by atoms with van der Waals surface area (Å²) in [6, 6.07) is 17.6. The summed E-state index contributed by atoms with van der Waals surface area (Å²) in [7, 11) is 0. The normalized spacial score (nSPS) is 10.7. The molecule has 0 nitrogen and oxygen atoms in total. The average molecular weight is 437 g/mol. The Kier molecular flexibility index (Phi) is 15.0. The number of hydrogen-bond acceptors (Lipinski definition) is 0. The third kappa shape index (κ3) is 10.5. The second-order valence-electron chi connectivity index (χ2n) is 9.89. The minimum Gasteiger partial charge on any atom is -0.103 e. The van der Waals surface area contributed by atoms with Crippen molar-refractivity contribution in [2.24, 2.45) is 5.41 Å². The second kappa shape index (κ2) is 14.9. The molecule has 0 aliphatic carbocycles. The zero-order chi connectivity index (χ0) is 25.6. The van der Waals surface area contributed by atoms with Crippen molar-refractivity contribution < 1.29 is 0 Å². The first-order valence-corrected chi connectivity index (χ1v) is 12.5. The maximum Gasteiger partial charge on any atom is 0.0349 e. The van der Waals surface area contributed by atoms with Gasteiger partial charge in [0.2, 0.25) is 0 Å². The van der Waals surface area contributed by atoms with Crippen LogP contribution in [-0.4, -0.2) is 0 Å². The van der Waals surface area contributed by atoms with Gasteiger partial charge in [-0.15, -0.1) is 5.92 Å². The maximum atomic E-state index is 3.41. The first-order valence-electron chi connectivity index (χ1n) is 12.5. The molecule has 2 rings (SSSR count). The molecular formula is C32H52. The second-order valence-corrected chi connectivity index (χ2v) is 9.89. The van der Waals surface area contributed by atoms with Gasteiger partial charge >= 0.3 is 0 Å². The van der Waals surface area contributed by atoms with Crippen LogP contribution in [0, 0.1) is 31.1 Å². The quantitative estimate of drug-likeness (QED) is 0.411. The zero-order valence-electron chi connectivity index (χ0n) is 23.8. The van der Waals surface area contributed by atoms with Crippen LogP contribution in [0.25, 0.3) is 0 Å². The lowest BCUT2D eigenvalue weighted by atomic mass is 9.64. The molecule has 0 heteroatoms. The molecule has 32 heavy (non-hydrogen) atoms. The van der Waals surface area contributed by atoms with Gasteiger partial charge in [0, 0.05) is 17.3 Å². The number of aryl methyl sites for hydroxylation is 2. The molecule has 180 valence electrons. The first-order chi connectivity index (χ1) is 14.8. The van der Waals surface area contributed by atoms with Gasteiger partial charge in [-0.25, -0.2) is 0 Å². The van der Waals surface area contributed by atoms with Crippen LogP contribution in [-0.2, 0) is 10.8 Å². The fraction of sp³-hybridized carbons (Fsp3) is 0.562. The number of hydrogen-bond donors (Lipinski definition) is 0. The molecule has 0 heterocycles. The Labute approximate surface area is 202 Å². The highest BCUT2D eigenvalue weighted by molar-refractivity contribution is 5.33. The van der Waals surface area contributed by atoms with Crippen LogP contribution in [0.4, 0.5) is 0 Å². The molecule has 0 aromatic heterocycles. The van der Waals surface area contributed by atoms with E-state index in [-0.39, 0.29) is 16.2 Å². The highest BCUT2D eigenvalue weighted by Crippen LogP contribution is 2.40. The van der Waals surface area contributed by atoms with Gasteiger partial charge in [-0.3, -0.25) is 0 Å². The molecule has 0 fully saturated rings. The van der Waals surface area contributed by atoms with Crippen molar-refractivity contribution in [2.45, 2.75) is 114 Å². The maximum absolute atomic E-state index is 3.41. The smallest absolute Gasteiger partial charge is 0.0349 e. The zero-order valence-corrected chi connectivity index (χ0v) is 23.8. The highest BCUT2D eigenvalue weighted by atomic mass is 14.4. The van der Waals surface area contributed by atoms with Crippen molar-refractivity contribution in [3.8, 4) is 11.8 Å². The predicted molar refractivity (Wildman–Crippen MR) is 149 cm³/mol. The van der Waals surface area contributed by atoms with E-state index in [1.165, 1.54) is 22.3 Å². The van der Waals surface area contributed by atoms with Crippen LogP contribution in [0.1, 0.15) is 112 Å². The van der Waals surface area contributed by atoms with E-state index in [1.54, 1.807) is 0 Å². The molecule has 2 aromatic carbocycles. The number of rotatable bonds is 2. The molecule has 0 radical (unpaired) electrons. The first kappa shape index (κ1) is 32.2. The molecule has 0 spiro atoms. The van der Waals surface area contributed by atoms with Crippen molar-refractivity contribution >= 4 is 0 Å². The Hall–Kier alpha value is -2.00. The summed E-state index contributed by atoms with van der Waals surface area (Å²) in [5, 5.41) is 0. The summed E-state index contributed by atoms with van der Waals surface area (Å²) in [6.07, 6.45) is 0.924. The highest BCUT2D eigenvalue weighted by Gasteiger charge is 2.36. The van der Waals surface area contributed by atoms with Crippen LogP contribution >= 0.6 is 0 Å². The Bertz CT molecular complexity index is 782. The van der Waals surface area contributed by atoms with E-state index < -0.39 is 0 Å². The molecule has 0 aliphatic heterocycles. The predicted octanol–water partition coefficient (Wildman–Crippen LogP) is 10.1. The van der Waals surface area contributed by atoms with Crippen LogP contribution in [0.2, 0.25) is 0 Å². The Morgan fingerprint density at radius 3 is 1.25 bits per heavy atom. The summed E-state index contributed by atoms with van der Waals surface area (Å²) in [5.74, 6) is 6.64. The lowest BCUT2D eigenvalue weighted by molar-refractivity contribution is 0.281. The van der Waals surface area contributed by atoms with Crippen molar-refractivity contribution in [1.82, 2.24) is 0 Å². The van der Waals surface area contributed by atoms with Gasteiger partial charge in [-0.1, -0.05) is 135 Å². The van der Waals surface area contributed by atoms with Gasteiger partial charge < -0.3 is 0 Å². The molecule has 0 bridgehead atoms. The monoisotopic (exact) mass is 436 g/mol. The van der Waals surface area contributed by atoms with Crippen LogP contribution in [0.5, 0.6) is 0 Å². The van der Waals surface area contributed by atoms with Crippen molar-refractivity contribution in [2.75, 3.05) is 0 Å². The minimum absolute atomic E-state index is 0.0156. The van der Waals surface area contributed by atoms with E-state index in [1.807, 2.05) is 27.7 Å². The van der Waals surface area contributed by atoms with Gasteiger partial charge in [-0.05, 0) is 44.2 Å². The van der Waals surface area contributed by atoms with E-state index >= 15 is 0 Å². The van der Waals surface area contributed by atoms with E-state index in [0.717, 1.165) is 6.42 Å². The minimum atomic E-state index is -0.0156. The topological polar surface area (TPSA) is 0 Å². The molecule has 0 saturated carbocycles. The summed E-state index contributed by atoms with van der Waals surface area (Å²) in [4.78, 5) is 0. The molecule has 0 atom stereocenters. The summed E-state index contributed by atoms with van der Waals surface area (Å²) >= 11 is 0.